The van der Waals surface area contributed by atoms with Gasteiger partial charge in [0.2, 0.25) is 0 Å². The molecule has 5 aromatic carbocycles. The van der Waals surface area contributed by atoms with Gasteiger partial charge in [-0.25, -0.2) is 4.79 Å². The number of fused-ring (bicyclic) bond motifs is 3. The lowest BCUT2D eigenvalue weighted by Crippen LogP contribution is -2.27. The number of hydrogen-bond acceptors (Lipinski definition) is 8. The van der Waals surface area contributed by atoms with Crippen LogP contribution in [0.5, 0.6) is 5.75 Å². The summed E-state index contributed by atoms with van der Waals surface area (Å²) in [6, 6.07) is 37.3. The molecule has 5 aromatic rings. The Morgan fingerprint density at radius 2 is 1.00 bits per heavy atom. The topological polar surface area (TPSA) is 81.7 Å². The Morgan fingerprint density at radius 1 is 0.514 bits per heavy atom. The van der Waals surface area contributed by atoms with E-state index in [1.807, 2.05) is 33.8 Å². The van der Waals surface area contributed by atoms with E-state index in [0.29, 0.717) is 52.7 Å². The Morgan fingerprint density at radius 3 is 1.57 bits per heavy atom. The smallest absolute Gasteiger partial charge is 0.493 e. The summed E-state index contributed by atoms with van der Waals surface area (Å²) in [6.45, 7) is 14.2. The van der Waals surface area contributed by atoms with Crippen LogP contribution in [0.3, 0.4) is 0 Å². The summed E-state index contributed by atoms with van der Waals surface area (Å²) in [5.41, 5.74) is 13.7. The molecule has 0 fully saturated rings. The second-order valence-corrected chi connectivity index (χ2v) is 18.9. The molecule has 0 aliphatic heterocycles. The highest BCUT2D eigenvalue weighted by atomic mass is 16.7. The Balaban J connectivity index is 1.15. The zero-order chi connectivity index (χ0) is 49.6. The zero-order valence-electron chi connectivity index (χ0n) is 42.6. The van der Waals surface area contributed by atoms with Crippen molar-refractivity contribution in [3.63, 3.8) is 0 Å². The van der Waals surface area contributed by atoms with Crippen molar-refractivity contribution in [1.82, 2.24) is 0 Å². The van der Waals surface area contributed by atoms with Crippen molar-refractivity contribution >= 4 is 48.7 Å². The van der Waals surface area contributed by atoms with Gasteiger partial charge in [0.05, 0.1) is 39.6 Å². The highest BCUT2D eigenvalue weighted by Gasteiger charge is 2.42. The standard InChI is InChI=1S/C62H74O8/c1-8-13-48-15-17-51(18-16-48)27-30-54-31-28-53(46-59(54)68-38-9-10-39-69-60(63)70-61(3,4)5)26-24-50-21-19-49(20-22-50)23-25-52-29-33-56-55-32-14-47(2)44-57(55)62(58(56)45-52,34-11-36-66-42-40-64-6)35-12-37-67-43-41-65-7/h8,13-33,44-46H,9-12,34-43H2,1-7H3/b13-8+,25-23+,26-24+,30-27+. The van der Waals surface area contributed by atoms with E-state index in [-0.39, 0.29) is 12.0 Å². The number of carbonyl (C=O) groups is 1. The fourth-order valence-corrected chi connectivity index (χ4v) is 8.77. The number of benzene rings is 5. The molecule has 0 unspecified atom stereocenters. The Bertz CT molecular complexity index is 2510. The molecule has 0 saturated carbocycles. The first-order valence-corrected chi connectivity index (χ1v) is 24.9. The molecule has 8 heteroatoms. The summed E-state index contributed by atoms with van der Waals surface area (Å²) in [4.78, 5) is 12.0. The maximum Gasteiger partial charge on any atom is 0.508 e. The van der Waals surface area contributed by atoms with Gasteiger partial charge in [-0.1, -0.05) is 151 Å². The first-order valence-electron chi connectivity index (χ1n) is 24.9. The average molecular weight is 947 g/mol. The largest absolute Gasteiger partial charge is 0.508 e. The van der Waals surface area contributed by atoms with Crippen LogP contribution in [-0.2, 0) is 33.8 Å². The molecule has 0 saturated heterocycles. The lowest BCUT2D eigenvalue weighted by atomic mass is 9.71. The third kappa shape index (κ3) is 16.3. The van der Waals surface area contributed by atoms with E-state index < -0.39 is 11.8 Å². The summed E-state index contributed by atoms with van der Waals surface area (Å²) in [5, 5.41) is 0. The fourth-order valence-electron chi connectivity index (χ4n) is 8.77. The molecule has 0 atom stereocenters. The maximum absolute atomic E-state index is 12.0. The van der Waals surface area contributed by atoms with Crippen LogP contribution in [0.1, 0.15) is 122 Å². The Hall–Kier alpha value is -6.03. The molecule has 70 heavy (non-hydrogen) atoms. The van der Waals surface area contributed by atoms with Gasteiger partial charge >= 0.3 is 6.16 Å². The summed E-state index contributed by atoms with van der Waals surface area (Å²) in [7, 11) is 3.42. The molecule has 0 spiro atoms. The molecule has 0 amide bonds. The van der Waals surface area contributed by atoms with Gasteiger partial charge in [-0.3, -0.25) is 0 Å². The summed E-state index contributed by atoms with van der Waals surface area (Å²) in [6.07, 6.45) is 21.6. The number of rotatable bonds is 27. The maximum atomic E-state index is 12.0. The zero-order valence-corrected chi connectivity index (χ0v) is 42.6. The molecule has 0 bridgehead atoms. The van der Waals surface area contributed by atoms with Gasteiger partial charge in [-0.15, -0.1) is 0 Å². The van der Waals surface area contributed by atoms with Gasteiger partial charge in [-0.2, -0.15) is 0 Å². The van der Waals surface area contributed by atoms with E-state index in [1.165, 1.54) is 38.9 Å². The molecule has 8 nitrogen and oxygen atoms in total. The quantitative estimate of drug-likeness (QED) is 0.0293. The Kier molecular flexibility index (Phi) is 20.9. The minimum Gasteiger partial charge on any atom is -0.493 e. The van der Waals surface area contributed by atoms with Crippen molar-refractivity contribution in [3.8, 4) is 16.9 Å². The van der Waals surface area contributed by atoms with Gasteiger partial charge in [0.25, 0.3) is 0 Å². The van der Waals surface area contributed by atoms with E-state index in [1.54, 1.807) is 14.2 Å². The van der Waals surface area contributed by atoms with Gasteiger partial charge in [0, 0.05) is 38.4 Å². The highest BCUT2D eigenvalue weighted by molar-refractivity contribution is 5.84. The minimum absolute atomic E-state index is 0.146. The fraction of sp³-hybridized carbons (Fsp3) is 0.371. The van der Waals surface area contributed by atoms with Crippen LogP contribution in [0, 0.1) is 6.92 Å². The van der Waals surface area contributed by atoms with Crippen LogP contribution in [0.25, 0.3) is 53.7 Å². The minimum atomic E-state index is -0.649. The van der Waals surface area contributed by atoms with E-state index in [0.717, 1.165) is 65.7 Å². The lowest BCUT2D eigenvalue weighted by Gasteiger charge is -2.33. The van der Waals surface area contributed by atoms with Crippen molar-refractivity contribution in [2.75, 3.05) is 67.1 Å². The first-order chi connectivity index (χ1) is 34.0. The van der Waals surface area contributed by atoms with Crippen molar-refractivity contribution in [1.29, 1.82) is 0 Å². The molecule has 0 aromatic heterocycles. The van der Waals surface area contributed by atoms with Crippen molar-refractivity contribution in [2.45, 2.75) is 84.2 Å². The van der Waals surface area contributed by atoms with E-state index in [4.69, 9.17) is 33.2 Å². The average Bonchev–Trinajstić information content (AvgIpc) is 3.60. The van der Waals surface area contributed by atoms with Gasteiger partial charge in [0.15, 0.2) is 0 Å². The number of aryl methyl sites for hydroxylation is 1. The SMILES string of the molecule is C/C=C/c1ccc(/C=C/c2ccc(/C=C/c3ccc(/C=C/c4ccc5c(c4)C(CCCOCCOC)(CCCOCCOC)c4cc(C)ccc4-5)cc3)cc2OCCCCOC(=O)OC(C)(C)C)cc1. The molecule has 6 rings (SSSR count). The predicted molar refractivity (Wildman–Crippen MR) is 289 cm³/mol. The Labute approximate surface area is 418 Å². The second-order valence-electron chi connectivity index (χ2n) is 18.9. The monoisotopic (exact) mass is 947 g/mol. The van der Waals surface area contributed by atoms with Crippen LogP contribution in [0.4, 0.5) is 4.79 Å². The highest BCUT2D eigenvalue weighted by Crippen LogP contribution is 2.54. The number of methoxy groups -OCH3 is 2. The third-order valence-electron chi connectivity index (χ3n) is 12.3. The number of ether oxygens (including phenoxy) is 7. The number of allylic oxidation sites excluding steroid dienone is 1. The molecular formula is C62H74O8. The van der Waals surface area contributed by atoms with Crippen molar-refractivity contribution < 1.29 is 38.0 Å². The molecule has 370 valence electrons. The van der Waals surface area contributed by atoms with Crippen LogP contribution >= 0.6 is 0 Å². The van der Waals surface area contributed by atoms with Crippen LogP contribution in [0.2, 0.25) is 0 Å². The summed E-state index contributed by atoms with van der Waals surface area (Å²) < 4.78 is 39.3. The van der Waals surface area contributed by atoms with E-state index in [9.17, 15) is 4.79 Å². The summed E-state index contributed by atoms with van der Waals surface area (Å²) >= 11 is 0. The van der Waals surface area contributed by atoms with Gasteiger partial charge < -0.3 is 33.2 Å². The number of hydrogen-bond donors (Lipinski definition) is 0. The second kappa shape index (κ2) is 27.4. The van der Waals surface area contributed by atoms with Crippen molar-refractivity contribution in [3.05, 3.63) is 165 Å². The van der Waals surface area contributed by atoms with Crippen LogP contribution in [-0.4, -0.2) is 78.8 Å². The third-order valence-corrected chi connectivity index (χ3v) is 12.3. The lowest BCUT2D eigenvalue weighted by molar-refractivity contribution is -0.00796. The number of unbranched alkanes of at least 4 members (excludes halogenated alkanes) is 1. The van der Waals surface area contributed by atoms with Gasteiger partial charge in [-0.05, 0) is 135 Å². The first kappa shape index (κ1) is 53.3. The molecular weight excluding hydrogens is 873 g/mol. The van der Waals surface area contributed by atoms with Crippen LogP contribution in [0.15, 0.2) is 109 Å². The molecule has 0 heterocycles. The molecule has 0 N–H and O–H groups in total. The van der Waals surface area contributed by atoms with Gasteiger partial charge in [0.1, 0.15) is 11.4 Å². The van der Waals surface area contributed by atoms with Crippen LogP contribution < -0.4 is 4.74 Å². The molecule has 0 radical (unpaired) electrons. The van der Waals surface area contributed by atoms with E-state index in [2.05, 4.69) is 153 Å². The predicted octanol–water partition coefficient (Wildman–Crippen LogP) is 14.8. The van der Waals surface area contributed by atoms with Crippen molar-refractivity contribution in [2.24, 2.45) is 0 Å². The molecule has 1 aliphatic rings. The van der Waals surface area contributed by atoms with E-state index >= 15 is 0 Å². The number of carbonyl (C=O) groups excluding carboxylic acids is 1. The normalized spacial score (nSPS) is 13.2. The summed E-state index contributed by atoms with van der Waals surface area (Å²) in [5.74, 6) is 0.791. The molecule has 1 aliphatic carbocycles.